The number of benzene rings is 2. The van der Waals surface area contributed by atoms with Crippen LogP contribution in [0.5, 0.6) is 0 Å². The maximum Gasteiger partial charge on any atom is 0.159 e. The van der Waals surface area contributed by atoms with Gasteiger partial charge in [-0.25, -0.2) is 0 Å². The zero-order valence-corrected chi connectivity index (χ0v) is 11.8. The van der Waals surface area contributed by atoms with E-state index in [0.717, 1.165) is 22.0 Å². The molecule has 1 aromatic heterocycles. The number of nitrogens with zero attached hydrogens (tertiary/aromatic N) is 2. The van der Waals surface area contributed by atoms with Gasteiger partial charge in [-0.15, -0.1) is 10.2 Å². The van der Waals surface area contributed by atoms with E-state index in [4.69, 9.17) is 34.8 Å². The summed E-state index contributed by atoms with van der Waals surface area (Å²) in [7, 11) is 0. The summed E-state index contributed by atoms with van der Waals surface area (Å²) in [6.07, 6.45) is 0. The smallest absolute Gasteiger partial charge is 0.148 e. The molecule has 19 heavy (non-hydrogen) atoms. The van der Waals surface area contributed by atoms with Crippen LogP contribution in [0.25, 0.3) is 22.0 Å². The minimum atomic E-state index is 0.388. The second kappa shape index (κ2) is 4.97. The predicted octanol–water partition coefficient (Wildman–Crippen LogP) is 5.26. The lowest BCUT2D eigenvalue weighted by molar-refractivity contribution is 1.06. The number of halogens is 3. The fraction of sp³-hybridized carbons (Fsp3) is 0. The van der Waals surface area contributed by atoms with Crippen molar-refractivity contribution in [2.24, 2.45) is 0 Å². The quantitative estimate of drug-likeness (QED) is 0.613. The van der Waals surface area contributed by atoms with Crippen molar-refractivity contribution in [1.29, 1.82) is 0 Å². The normalized spacial score (nSPS) is 10.9. The summed E-state index contributed by atoms with van der Waals surface area (Å²) in [5.74, 6) is 0. The molecule has 0 aliphatic rings. The van der Waals surface area contributed by atoms with Gasteiger partial charge in [-0.1, -0.05) is 65.1 Å². The van der Waals surface area contributed by atoms with Crippen LogP contribution in [-0.2, 0) is 0 Å². The Morgan fingerprint density at radius 1 is 0.737 bits per heavy atom. The van der Waals surface area contributed by atoms with Crippen LogP contribution < -0.4 is 0 Å². The summed E-state index contributed by atoms with van der Waals surface area (Å²) < 4.78 is 0. The third kappa shape index (κ3) is 2.27. The Bertz CT molecular complexity index is 772. The highest BCUT2D eigenvalue weighted by molar-refractivity contribution is 6.42. The van der Waals surface area contributed by atoms with Gasteiger partial charge in [0.15, 0.2) is 5.15 Å². The third-order valence-corrected chi connectivity index (χ3v) is 3.85. The molecule has 0 amide bonds. The lowest BCUT2D eigenvalue weighted by Crippen LogP contribution is -1.91. The van der Waals surface area contributed by atoms with E-state index in [1.165, 1.54) is 0 Å². The molecule has 0 saturated heterocycles. The van der Waals surface area contributed by atoms with Gasteiger partial charge in [0, 0.05) is 16.3 Å². The zero-order chi connectivity index (χ0) is 13.4. The Kier molecular flexibility index (Phi) is 3.31. The van der Waals surface area contributed by atoms with Gasteiger partial charge in [-0.05, 0) is 12.1 Å². The highest BCUT2D eigenvalue weighted by Gasteiger charge is 2.10. The first-order valence-corrected chi connectivity index (χ1v) is 6.66. The summed E-state index contributed by atoms with van der Waals surface area (Å²) in [4.78, 5) is 0. The third-order valence-electron chi connectivity index (χ3n) is 2.84. The molecular weight excluding hydrogens is 303 g/mol. The van der Waals surface area contributed by atoms with Gasteiger partial charge >= 0.3 is 0 Å². The van der Waals surface area contributed by atoms with Crippen LogP contribution in [0.3, 0.4) is 0 Å². The molecule has 0 atom stereocenters. The molecule has 3 aromatic rings. The number of fused-ring (bicyclic) bond motifs is 1. The van der Waals surface area contributed by atoms with E-state index >= 15 is 0 Å². The van der Waals surface area contributed by atoms with Crippen molar-refractivity contribution in [2.45, 2.75) is 0 Å². The van der Waals surface area contributed by atoms with Crippen LogP contribution in [0.1, 0.15) is 0 Å². The molecule has 3 rings (SSSR count). The van der Waals surface area contributed by atoms with Crippen molar-refractivity contribution in [2.75, 3.05) is 0 Å². The number of aromatic nitrogens is 2. The molecule has 0 radical (unpaired) electrons. The first-order chi connectivity index (χ1) is 9.16. The molecule has 1 heterocycles. The summed E-state index contributed by atoms with van der Waals surface area (Å²) in [5.41, 5.74) is 1.59. The first-order valence-electron chi connectivity index (χ1n) is 5.53. The summed E-state index contributed by atoms with van der Waals surface area (Å²) in [6.45, 7) is 0. The molecule has 5 heteroatoms. The van der Waals surface area contributed by atoms with Crippen molar-refractivity contribution in [3.05, 3.63) is 57.7 Å². The van der Waals surface area contributed by atoms with E-state index < -0.39 is 0 Å². The molecule has 0 spiro atoms. The van der Waals surface area contributed by atoms with Crippen LogP contribution in [0, 0.1) is 0 Å². The first kappa shape index (κ1) is 12.7. The van der Waals surface area contributed by atoms with Crippen molar-refractivity contribution in [3.63, 3.8) is 0 Å². The Balaban J connectivity index is 2.31. The van der Waals surface area contributed by atoms with Crippen LogP contribution >= 0.6 is 34.8 Å². The maximum atomic E-state index is 6.05. The van der Waals surface area contributed by atoms with Crippen LogP contribution in [-0.4, -0.2) is 10.2 Å². The molecule has 0 unspecified atom stereocenters. The Hall–Kier alpha value is -1.35. The fourth-order valence-corrected chi connectivity index (χ4v) is 2.43. The lowest BCUT2D eigenvalue weighted by atomic mass is 10.1. The highest BCUT2D eigenvalue weighted by atomic mass is 35.5. The van der Waals surface area contributed by atoms with Gasteiger partial charge in [0.05, 0.1) is 10.0 Å². The van der Waals surface area contributed by atoms with Crippen molar-refractivity contribution in [3.8, 4) is 11.3 Å². The standard InChI is InChI=1S/C14H7Cl3N2/c15-11-6-5-8(7-12(11)16)13-9-3-1-2-4-10(9)14(17)19-18-13/h1-7H. The van der Waals surface area contributed by atoms with E-state index in [-0.39, 0.29) is 0 Å². The SMILES string of the molecule is Clc1ccc(-c2nnc(Cl)c3ccccc23)cc1Cl. The Morgan fingerprint density at radius 2 is 1.47 bits per heavy atom. The summed E-state index contributed by atoms with van der Waals surface area (Å²) in [6, 6.07) is 13.1. The minimum absolute atomic E-state index is 0.388. The van der Waals surface area contributed by atoms with E-state index in [1.54, 1.807) is 12.1 Å². The summed E-state index contributed by atoms with van der Waals surface area (Å²) >= 11 is 18.0. The molecular formula is C14H7Cl3N2. The van der Waals surface area contributed by atoms with Crippen LogP contribution in [0.2, 0.25) is 15.2 Å². The molecule has 0 saturated carbocycles. The molecule has 2 aromatic carbocycles. The maximum absolute atomic E-state index is 6.05. The average Bonchev–Trinajstić information content (AvgIpc) is 2.43. The van der Waals surface area contributed by atoms with Gasteiger partial charge in [-0.2, -0.15) is 0 Å². The van der Waals surface area contributed by atoms with Gasteiger partial charge < -0.3 is 0 Å². The second-order valence-electron chi connectivity index (χ2n) is 4.01. The number of hydrogen-bond acceptors (Lipinski definition) is 2. The van der Waals surface area contributed by atoms with Crippen LogP contribution in [0.15, 0.2) is 42.5 Å². The highest BCUT2D eigenvalue weighted by Crippen LogP contribution is 2.32. The van der Waals surface area contributed by atoms with Crippen LogP contribution in [0.4, 0.5) is 0 Å². The van der Waals surface area contributed by atoms with Crippen molar-refractivity contribution in [1.82, 2.24) is 10.2 Å². The van der Waals surface area contributed by atoms with E-state index in [1.807, 2.05) is 30.3 Å². The van der Waals surface area contributed by atoms with E-state index in [9.17, 15) is 0 Å². The van der Waals surface area contributed by atoms with Gasteiger partial charge in [0.1, 0.15) is 5.69 Å². The number of hydrogen-bond donors (Lipinski definition) is 0. The van der Waals surface area contributed by atoms with E-state index in [2.05, 4.69) is 10.2 Å². The van der Waals surface area contributed by atoms with E-state index in [0.29, 0.717) is 15.2 Å². The molecule has 0 N–H and O–H groups in total. The topological polar surface area (TPSA) is 25.8 Å². The van der Waals surface area contributed by atoms with Crippen molar-refractivity contribution < 1.29 is 0 Å². The monoisotopic (exact) mass is 308 g/mol. The van der Waals surface area contributed by atoms with Crippen molar-refractivity contribution >= 4 is 45.6 Å². The predicted molar refractivity (Wildman–Crippen MR) is 80.0 cm³/mol. The molecule has 0 aliphatic carbocycles. The Labute approximate surface area is 124 Å². The minimum Gasteiger partial charge on any atom is -0.148 e. The van der Waals surface area contributed by atoms with Gasteiger partial charge in [0.2, 0.25) is 0 Å². The fourth-order valence-electron chi connectivity index (χ4n) is 1.93. The number of rotatable bonds is 1. The molecule has 94 valence electrons. The molecule has 0 bridgehead atoms. The summed E-state index contributed by atoms with van der Waals surface area (Å²) in [5, 5.41) is 11.3. The second-order valence-corrected chi connectivity index (χ2v) is 5.19. The zero-order valence-electron chi connectivity index (χ0n) is 9.57. The lowest BCUT2D eigenvalue weighted by Gasteiger charge is -2.07. The Morgan fingerprint density at radius 3 is 2.21 bits per heavy atom. The van der Waals surface area contributed by atoms with Gasteiger partial charge in [0.25, 0.3) is 0 Å². The largest absolute Gasteiger partial charge is 0.159 e. The molecule has 0 fully saturated rings. The molecule has 2 nitrogen and oxygen atoms in total. The molecule has 0 aliphatic heterocycles. The van der Waals surface area contributed by atoms with Gasteiger partial charge in [-0.3, -0.25) is 0 Å². The average molecular weight is 310 g/mol.